The van der Waals surface area contributed by atoms with Crippen LogP contribution in [0, 0.1) is 17.8 Å². The van der Waals surface area contributed by atoms with Gasteiger partial charge in [-0.25, -0.2) is 0 Å². The van der Waals surface area contributed by atoms with E-state index < -0.39 is 0 Å². The fourth-order valence-electron chi connectivity index (χ4n) is 4.52. The van der Waals surface area contributed by atoms with Crippen LogP contribution in [-0.2, 0) is 4.79 Å². The van der Waals surface area contributed by atoms with E-state index in [0.29, 0.717) is 30.5 Å². The molecule has 5 unspecified atom stereocenters. The molecule has 3 N–H and O–H groups in total. The molecule has 0 aromatic rings. The smallest absolute Gasteiger partial charge is 0.234 e. The third-order valence-corrected chi connectivity index (χ3v) is 5.81. The zero-order valence-corrected chi connectivity index (χ0v) is 13.9. The molecule has 3 aliphatic rings. The van der Waals surface area contributed by atoms with Crippen LogP contribution >= 0.6 is 12.4 Å². The maximum atomic E-state index is 12.2. The topological polar surface area (TPSA) is 58.4 Å². The number of nitrogens with zero attached hydrogens (tertiary/aromatic N) is 1. The average molecular weight is 316 g/mol. The molecular formula is C16H30ClN3O. The van der Waals surface area contributed by atoms with Crippen LogP contribution in [0.4, 0.5) is 0 Å². The first-order valence-corrected chi connectivity index (χ1v) is 8.41. The Morgan fingerprint density at radius 1 is 1.19 bits per heavy atom. The molecule has 0 radical (unpaired) electrons. The second-order valence-electron chi connectivity index (χ2n) is 7.29. The third-order valence-electron chi connectivity index (χ3n) is 5.81. The SMILES string of the molecule is CC1CCCCC1NC(=O)CN1CC2CCC(N)C2C1.Cl. The van der Waals surface area contributed by atoms with Crippen molar-refractivity contribution in [2.45, 2.75) is 57.5 Å². The lowest BCUT2D eigenvalue weighted by molar-refractivity contribution is -0.123. The molecule has 0 aromatic heterocycles. The minimum Gasteiger partial charge on any atom is -0.352 e. The van der Waals surface area contributed by atoms with Gasteiger partial charge in [0.15, 0.2) is 0 Å². The number of nitrogens with two attached hydrogens (primary N) is 1. The first-order valence-electron chi connectivity index (χ1n) is 8.41. The molecule has 1 amide bonds. The summed E-state index contributed by atoms with van der Waals surface area (Å²) >= 11 is 0. The molecule has 0 spiro atoms. The summed E-state index contributed by atoms with van der Waals surface area (Å²) < 4.78 is 0. The van der Waals surface area contributed by atoms with E-state index in [4.69, 9.17) is 5.73 Å². The van der Waals surface area contributed by atoms with Gasteiger partial charge >= 0.3 is 0 Å². The summed E-state index contributed by atoms with van der Waals surface area (Å²) in [4.78, 5) is 14.5. The first-order chi connectivity index (χ1) is 9.63. The van der Waals surface area contributed by atoms with E-state index in [-0.39, 0.29) is 18.3 Å². The number of fused-ring (bicyclic) bond motifs is 1. The van der Waals surface area contributed by atoms with Crippen LogP contribution in [0.15, 0.2) is 0 Å². The van der Waals surface area contributed by atoms with Crippen LogP contribution in [0.3, 0.4) is 0 Å². The number of nitrogens with one attached hydrogen (secondary N) is 1. The minimum atomic E-state index is 0. The van der Waals surface area contributed by atoms with Gasteiger partial charge in [-0.2, -0.15) is 0 Å². The fourth-order valence-corrected chi connectivity index (χ4v) is 4.52. The quantitative estimate of drug-likeness (QED) is 0.834. The molecule has 21 heavy (non-hydrogen) atoms. The van der Waals surface area contributed by atoms with Gasteiger partial charge in [-0.3, -0.25) is 9.69 Å². The lowest BCUT2D eigenvalue weighted by Gasteiger charge is -2.30. The molecule has 5 heteroatoms. The standard InChI is InChI=1S/C16H29N3O.ClH/c1-11-4-2-3-5-15(11)18-16(20)10-19-8-12-6-7-14(17)13(12)9-19;/h11-15H,2-10,17H2,1H3,(H,18,20);1H. The van der Waals surface area contributed by atoms with Gasteiger partial charge in [0.2, 0.25) is 5.91 Å². The summed E-state index contributed by atoms with van der Waals surface area (Å²) in [7, 11) is 0. The zero-order chi connectivity index (χ0) is 14.1. The van der Waals surface area contributed by atoms with E-state index >= 15 is 0 Å². The summed E-state index contributed by atoms with van der Waals surface area (Å²) in [6, 6.07) is 0.770. The lowest BCUT2D eigenvalue weighted by atomic mass is 9.86. The number of halogens is 1. The molecule has 0 aromatic carbocycles. The molecule has 122 valence electrons. The molecular weight excluding hydrogens is 286 g/mol. The Hall–Kier alpha value is -0.320. The van der Waals surface area contributed by atoms with Gasteiger partial charge in [-0.05, 0) is 43.4 Å². The monoisotopic (exact) mass is 315 g/mol. The average Bonchev–Trinajstić information content (AvgIpc) is 2.95. The van der Waals surface area contributed by atoms with Crippen LogP contribution in [-0.4, -0.2) is 42.5 Å². The largest absolute Gasteiger partial charge is 0.352 e. The summed E-state index contributed by atoms with van der Waals surface area (Å²) in [5, 5.41) is 3.26. The van der Waals surface area contributed by atoms with E-state index in [9.17, 15) is 4.79 Å². The van der Waals surface area contributed by atoms with E-state index in [1.165, 1.54) is 32.1 Å². The highest BCUT2D eigenvalue weighted by Gasteiger charge is 2.41. The lowest BCUT2D eigenvalue weighted by Crippen LogP contribution is -2.45. The number of carbonyl (C=O) groups is 1. The van der Waals surface area contributed by atoms with Crippen LogP contribution in [0.5, 0.6) is 0 Å². The molecule has 3 rings (SSSR count). The van der Waals surface area contributed by atoms with Crippen LogP contribution in [0.25, 0.3) is 0 Å². The Labute approximate surface area is 134 Å². The Balaban J connectivity index is 0.00000161. The van der Waals surface area contributed by atoms with E-state index in [1.54, 1.807) is 0 Å². The molecule has 3 fully saturated rings. The molecule has 2 saturated carbocycles. The van der Waals surface area contributed by atoms with Crippen molar-refractivity contribution < 1.29 is 4.79 Å². The summed E-state index contributed by atoms with van der Waals surface area (Å²) in [6.45, 7) is 4.94. The molecule has 1 aliphatic heterocycles. The van der Waals surface area contributed by atoms with Gasteiger partial charge in [0.05, 0.1) is 6.54 Å². The van der Waals surface area contributed by atoms with Gasteiger partial charge in [-0.1, -0.05) is 19.8 Å². The Kier molecular flexibility index (Phi) is 5.92. The van der Waals surface area contributed by atoms with Gasteiger partial charge in [-0.15, -0.1) is 12.4 Å². The fraction of sp³-hybridized carbons (Fsp3) is 0.938. The predicted octanol–water partition coefficient (Wildman–Crippen LogP) is 1.77. The van der Waals surface area contributed by atoms with Crippen LogP contribution < -0.4 is 11.1 Å². The number of likely N-dealkylation sites (tertiary alicyclic amines) is 1. The van der Waals surface area contributed by atoms with Crippen molar-refractivity contribution in [3.05, 3.63) is 0 Å². The van der Waals surface area contributed by atoms with Gasteiger partial charge < -0.3 is 11.1 Å². The van der Waals surface area contributed by atoms with Crippen molar-refractivity contribution in [2.75, 3.05) is 19.6 Å². The number of hydrogen-bond acceptors (Lipinski definition) is 3. The normalized spacial score (nSPS) is 39.6. The van der Waals surface area contributed by atoms with E-state index in [2.05, 4.69) is 17.1 Å². The van der Waals surface area contributed by atoms with Gasteiger partial charge in [0.1, 0.15) is 0 Å². The van der Waals surface area contributed by atoms with Crippen molar-refractivity contribution >= 4 is 18.3 Å². The first kappa shape index (κ1) is 17.0. The molecule has 2 aliphatic carbocycles. The Morgan fingerprint density at radius 2 is 1.95 bits per heavy atom. The van der Waals surface area contributed by atoms with Crippen LogP contribution in [0.1, 0.15) is 45.4 Å². The van der Waals surface area contributed by atoms with Crippen molar-refractivity contribution in [1.82, 2.24) is 10.2 Å². The van der Waals surface area contributed by atoms with Crippen molar-refractivity contribution in [3.63, 3.8) is 0 Å². The number of rotatable bonds is 3. The number of amides is 1. The maximum Gasteiger partial charge on any atom is 0.234 e. The van der Waals surface area contributed by atoms with Crippen LogP contribution in [0.2, 0.25) is 0 Å². The highest BCUT2D eigenvalue weighted by Crippen LogP contribution is 2.36. The zero-order valence-electron chi connectivity index (χ0n) is 13.1. The van der Waals surface area contributed by atoms with Crippen molar-refractivity contribution in [1.29, 1.82) is 0 Å². The van der Waals surface area contributed by atoms with Gasteiger partial charge in [0.25, 0.3) is 0 Å². The Bertz CT molecular complexity index is 365. The second kappa shape index (κ2) is 7.30. The molecule has 4 nitrogen and oxygen atoms in total. The van der Waals surface area contributed by atoms with Crippen molar-refractivity contribution in [2.24, 2.45) is 23.5 Å². The van der Waals surface area contributed by atoms with Crippen molar-refractivity contribution in [3.8, 4) is 0 Å². The predicted molar refractivity (Wildman–Crippen MR) is 87.4 cm³/mol. The summed E-state index contributed by atoms with van der Waals surface area (Å²) in [5.41, 5.74) is 6.15. The second-order valence-corrected chi connectivity index (χ2v) is 7.29. The molecule has 5 atom stereocenters. The molecule has 1 saturated heterocycles. The van der Waals surface area contributed by atoms with E-state index in [0.717, 1.165) is 25.4 Å². The highest BCUT2D eigenvalue weighted by atomic mass is 35.5. The van der Waals surface area contributed by atoms with E-state index in [1.807, 2.05) is 0 Å². The minimum absolute atomic E-state index is 0. The highest BCUT2D eigenvalue weighted by molar-refractivity contribution is 5.85. The third kappa shape index (κ3) is 3.91. The number of hydrogen-bond donors (Lipinski definition) is 2. The van der Waals surface area contributed by atoms with Gasteiger partial charge in [0, 0.05) is 25.2 Å². The number of carbonyl (C=O) groups excluding carboxylic acids is 1. The maximum absolute atomic E-state index is 12.2. The Morgan fingerprint density at radius 3 is 2.67 bits per heavy atom. The summed E-state index contributed by atoms with van der Waals surface area (Å²) in [6.07, 6.45) is 7.42. The summed E-state index contributed by atoms with van der Waals surface area (Å²) in [5.74, 6) is 2.24. The molecule has 0 bridgehead atoms. The molecule has 1 heterocycles.